The van der Waals surface area contributed by atoms with E-state index in [0.29, 0.717) is 34.7 Å². The molecule has 10 heteroatoms. The third-order valence-electron chi connectivity index (χ3n) is 7.67. The molecule has 3 aliphatic rings. The molecule has 2 atom stereocenters. The highest BCUT2D eigenvalue weighted by Crippen LogP contribution is 2.43. The van der Waals surface area contributed by atoms with Crippen LogP contribution in [0.4, 0.5) is 13.9 Å². The first kappa shape index (κ1) is 26.9. The number of thiazole rings is 1. The van der Waals surface area contributed by atoms with Gasteiger partial charge in [-0.05, 0) is 72.9 Å². The number of hydrazone groups is 1. The minimum atomic E-state index is -1.10. The minimum Gasteiger partial charge on any atom is -0.476 e. The molecule has 0 amide bonds. The predicted molar refractivity (Wildman–Crippen MR) is 153 cm³/mol. The first-order valence-electron chi connectivity index (χ1n) is 13.4. The van der Waals surface area contributed by atoms with Crippen molar-refractivity contribution in [3.8, 4) is 11.8 Å². The second kappa shape index (κ2) is 11.3. The molecule has 2 fully saturated rings. The fourth-order valence-corrected chi connectivity index (χ4v) is 6.25. The molecule has 0 spiro atoms. The molecule has 2 saturated carbocycles. The molecule has 6 nitrogen and oxygen atoms in total. The number of aromatic carboxylic acids is 1. The Morgan fingerprint density at radius 1 is 1.10 bits per heavy atom. The summed E-state index contributed by atoms with van der Waals surface area (Å²) in [5.74, 6) is 5.10. The molecule has 2 heterocycles. The lowest BCUT2D eigenvalue weighted by Crippen LogP contribution is -2.35. The summed E-state index contributed by atoms with van der Waals surface area (Å²) in [4.78, 5) is 16.1. The number of hydrogen-bond acceptors (Lipinski definition) is 6. The number of carboxylic acid groups (broad SMARTS) is 1. The van der Waals surface area contributed by atoms with Crippen molar-refractivity contribution < 1.29 is 23.2 Å². The van der Waals surface area contributed by atoms with Gasteiger partial charge in [0.2, 0.25) is 10.0 Å². The van der Waals surface area contributed by atoms with E-state index in [1.54, 1.807) is 18.2 Å². The van der Waals surface area contributed by atoms with Gasteiger partial charge >= 0.3 is 5.97 Å². The number of hydrogen-bond donors (Lipinski definition) is 2. The summed E-state index contributed by atoms with van der Waals surface area (Å²) in [6, 6.07) is 9.54. The minimum absolute atomic E-state index is 0.0405. The maximum Gasteiger partial charge on any atom is 0.355 e. The Kier molecular flexibility index (Phi) is 7.62. The third-order valence-corrected chi connectivity index (χ3v) is 9.08. The highest BCUT2D eigenvalue weighted by Gasteiger charge is 2.43. The Morgan fingerprint density at radius 3 is 2.58 bits per heavy atom. The summed E-state index contributed by atoms with van der Waals surface area (Å²) in [7, 11) is 0. The maximum absolute atomic E-state index is 14.8. The molecule has 2 unspecified atom stereocenters. The molecule has 2 aromatic carbocycles. The molecular weight excluding hydrogens is 552 g/mol. The lowest BCUT2D eigenvalue weighted by atomic mass is 9.83. The predicted octanol–water partition coefficient (Wildman–Crippen LogP) is 6.17. The molecule has 1 aliphatic heterocycles. The third kappa shape index (κ3) is 5.92. The Morgan fingerprint density at radius 2 is 1.90 bits per heavy atom. The van der Waals surface area contributed by atoms with Gasteiger partial charge in [-0.2, -0.15) is 9.65 Å². The number of anilines is 1. The Labute approximate surface area is 239 Å². The van der Waals surface area contributed by atoms with Gasteiger partial charge in [0.1, 0.15) is 5.82 Å². The molecule has 0 saturated heterocycles. The quantitative estimate of drug-likeness (QED) is 0.180. The lowest BCUT2D eigenvalue weighted by Gasteiger charge is -2.27. The standard InChI is InChI=1S/C30H27F2N3O3S2/c31-23-10-9-21(15-20(23)3-1-2-17-4-5-17)28-22(12-19-8-11-27(40-38)24(32)13-19)26(14-18-6-7-18)35(34-28)30-33-25(16-39-30)29(36)37/h8-11,13,15-18,22,26,38H,2,4-7,12,14H2,(H,36,37)/p+1. The van der Waals surface area contributed by atoms with E-state index in [1.165, 1.54) is 41.7 Å². The van der Waals surface area contributed by atoms with Crippen molar-refractivity contribution in [1.82, 2.24) is 4.98 Å². The Bertz CT molecular complexity index is 1540. The lowest BCUT2D eigenvalue weighted by molar-refractivity contribution is 0.0691. The van der Waals surface area contributed by atoms with Crippen LogP contribution in [0.5, 0.6) is 0 Å². The van der Waals surface area contributed by atoms with E-state index in [-0.39, 0.29) is 40.4 Å². The van der Waals surface area contributed by atoms with Crippen LogP contribution in [0.25, 0.3) is 0 Å². The smallest absolute Gasteiger partial charge is 0.355 e. The second-order valence-electron chi connectivity index (χ2n) is 10.7. The normalized spacial score (nSPS) is 20.3. The Hall–Kier alpha value is -3.26. The second-order valence-corrected chi connectivity index (χ2v) is 12.3. The number of halogens is 2. The zero-order valence-corrected chi connectivity index (χ0v) is 23.3. The number of benzene rings is 2. The first-order chi connectivity index (χ1) is 19.4. The first-order valence-corrected chi connectivity index (χ1v) is 15.1. The average Bonchev–Trinajstić information content (AvgIpc) is 3.85. The highest BCUT2D eigenvalue weighted by molar-refractivity contribution is 7.72. The maximum atomic E-state index is 14.8. The highest BCUT2D eigenvalue weighted by atomic mass is 32.2. The van der Waals surface area contributed by atoms with Gasteiger partial charge in [-0.25, -0.2) is 23.6 Å². The van der Waals surface area contributed by atoms with Crippen molar-refractivity contribution in [3.63, 3.8) is 0 Å². The number of carboxylic acids is 1. The molecule has 206 valence electrons. The molecule has 2 aliphatic carbocycles. The number of nitrogens with zero attached hydrogens (tertiary/aromatic N) is 3. The summed E-state index contributed by atoms with van der Waals surface area (Å²) >= 11 is 1.09. The summed E-state index contributed by atoms with van der Waals surface area (Å²) in [5.41, 5.74) is 2.47. The van der Waals surface area contributed by atoms with Crippen LogP contribution < -0.4 is 5.01 Å². The van der Waals surface area contributed by atoms with Crippen LogP contribution in [0.1, 0.15) is 65.7 Å². The van der Waals surface area contributed by atoms with E-state index in [4.69, 9.17) is 5.10 Å². The molecule has 40 heavy (non-hydrogen) atoms. The van der Waals surface area contributed by atoms with E-state index >= 15 is 0 Å². The van der Waals surface area contributed by atoms with Crippen LogP contribution in [0, 0.1) is 41.2 Å². The van der Waals surface area contributed by atoms with Crippen LogP contribution in [-0.2, 0) is 18.5 Å². The molecule has 1 aromatic heterocycles. The van der Waals surface area contributed by atoms with Crippen LogP contribution in [0.3, 0.4) is 0 Å². The molecule has 6 rings (SSSR count). The summed E-state index contributed by atoms with van der Waals surface area (Å²) < 4.78 is 38.8. The van der Waals surface area contributed by atoms with E-state index in [1.807, 2.05) is 11.1 Å². The largest absolute Gasteiger partial charge is 0.476 e. The van der Waals surface area contributed by atoms with Crippen molar-refractivity contribution in [1.29, 1.82) is 0 Å². The summed E-state index contributed by atoms with van der Waals surface area (Å²) in [6.45, 7) is 0. The van der Waals surface area contributed by atoms with Gasteiger partial charge in [0.25, 0.3) is 0 Å². The van der Waals surface area contributed by atoms with E-state index < -0.39 is 11.8 Å². The van der Waals surface area contributed by atoms with Crippen LogP contribution in [0.2, 0.25) is 0 Å². The SMILES string of the molecule is O=C(O)c1csc(N2N=C(c3ccc(F)c(C#CCC4CC4)c3)C(Cc3ccc([SH+]O)c(F)c3)C2CC2CC2)n1. The van der Waals surface area contributed by atoms with Gasteiger partial charge in [-0.1, -0.05) is 36.8 Å². The monoisotopic (exact) mass is 580 g/mol. The van der Waals surface area contributed by atoms with Crippen molar-refractivity contribution in [2.24, 2.45) is 22.9 Å². The van der Waals surface area contributed by atoms with Crippen LogP contribution in [0.15, 0.2) is 51.8 Å². The molecule has 2 N–H and O–H groups in total. The fourth-order valence-electron chi connectivity index (χ4n) is 5.14. The van der Waals surface area contributed by atoms with Crippen molar-refractivity contribution >= 4 is 40.2 Å². The summed E-state index contributed by atoms with van der Waals surface area (Å²) in [6.07, 6.45) is 6.62. The van der Waals surface area contributed by atoms with E-state index in [9.17, 15) is 23.2 Å². The van der Waals surface area contributed by atoms with E-state index in [0.717, 1.165) is 36.8 Å². The number of thiol groups is 1. The Balaban J connectivity index is 1.40. The van der Waals surface area contributed by atoms with Crippen molar-refractivity contribution in [3.05, 3.63) is 75.8 Å². The fraction of sp³-hybridized carbons (Fsp3) is 0.367. The topological polar surface area (TPSA) is 86.0 Å². The molecule has 0 radical (unpaired) electrons. The average molecular weight is 581 g/mol. The zero-order valence-electron chi connectivity index (χ0n) is 21.6. The van der Waals surface area contributed by atoms with Gasteiger partial charge in [0.05, 0.1) is 17.3 Å². The number of aromatic nitrogens is 1. The van der Waals surface area contributed by atoms with Gasteiger partial charge in [0.15, 0.2) is 23.6 Å². The summed E-state index contributed by atoms with van der Waals surface area (Å²) in [5, 5.41) is 18.2. The van der Waals surface area contributed by atoms with Crippen LogP contribution in [-0.4, -0.2) is 32.4 Å². The van der Waals surface area contributed by atoms with Crippen molar-refractivity contribution in [2.45, 2.75) is 55.9 Å². The molecule has 0 bridgehead atoms. The van der Waals surface area contributed by atoms with E-state index in [2.05, 4.69) is 16.8 Å². The zero-order chi connectivity index (χ0) is 27.8. The number of rotatable bonds is 9. The van der Waals surface area contributed by atoms with Crippen LogP contribution >= 0.6 is 11.3 Å². The van der Waals surface area contributed by atoms with Gasteiger partial charge in [0, 0.05) is 17.7 Å². The number of carbonyl (C=O) groups is 1. The van der Waals surface area contributed by atoms with Crippen molar-refractivity contribution in [2.75, 3.05) is 5.01 Å². The van der Waals surface area contributed by atoms with Gasteiger partial charge in [-0.15, -0.1) is 11.3 Å². The molecular formula is C30H28F2N3O3S2+. The molecule has 3 aromatic rings. The van der Waals surface area contributed by atoms with Gasteiger partial charge in [-0.3, -0.25) is 0 Å². The van der Waals surface area contributed by atoms with Gasteiger partial charge < -0.3 is 5.11 Å².